The van der Waals surface area contributed by atoms with E-state index in [0.29, 0.717) is 23.6 Å². The summed E-state index contributed by atoms with van der Waals surface area (Å²) in [6.07, 6.45) is 1.51. The van der Waals surface area contributed by atoms with Crippen molar-refractivity contribution in [1.29, 1.82) is 0 Å². The summed E-state index contributed by atoms with van der Waals surface area (Å²) in [5, 5.41) is 6.51. The number of urea groups is 1. The smallest absolute Gasteiger partial charge is 0.338 e. The number of esters is 1. The van der Waals surface area contributed by atoms with Crippen molar-refractivity contribution in [3.8, 4) is 0 Å². The van der Waals surface area contributed by atoms with Gasteiger partial charge in [0, 0.05) is 12.2 Å². The lowest BCUT2D eigenvalue weighted by molar-refractivity contribution is -0.139. The molecule has 3 heterocycles. The van der Waals surface area contributed by atoms with Crippen LogP contribution >= 0.6 is 11.3 Å². The summed E-state index contributed by atoms with van der Waals surface area (Å²) in [7, 11) is 1.93. The number of ether oxygens (including phenoxy) is 1. The van der Waals surface area contributed by atoms with Crippen LogP contribution in [-0.2, 0) is 9.53 Å². The Morgan fingerprint density at radius 1 is 1.32 bits per heavy atom. The maximum atomic E-state index is 12.8. The number of para-hydroxylation sites is 1. The first-order valence-electron chi connectivity index (χ1n) is 10.0. The summed E-state index contributed by atoms with van der Waals surface area (Å²) in [4.78, 5) is 32.0. The SMILES string of the molecule is CCOC(=O)C1=C(CN(C)C(C)c2nc3ccccc3s2)NC(=O)NC1c1ccco1. The van der Waals surface area contributed by atoms with Gasteiger partial charge in [0.2, 0.25) is 0 Å². The van der Waals surface area contributed by atoms with E-state index in [1.54, 1.807) is 30.4 Å². The van der Waals surface area contributed by atoms with E-state index >= 15 is 0 Å². The Morgan fingerprint density at radius 2 is 2.13 bits per heavy atom. The molecule has 0 saturated carbocycles. The van der Waals surface area contributed by atoms with Crippen molar-refractivity contribution in [3.63, 3.8) is 0 Å². The highest BCUT2D eigenvalue weighted by Crippen LogP contribution is 2.31. The molecule has 0 saturated heterocycles. The number of furan rings is 1. The number of thiazole rings is 1. The van der Waals surface area contributed by atoms with Crippen molar-refractivity contribution in [3.05, 3.63) is 64.7 Å². The number of nitrogens with zero attached hydrogens (tertiary/aromatic N) is 2. The number of benzene rings is 1. The molecule has 2 unspecified atom stereocenters. The Hall–Kier alpha value is -3.17. The molecule has 4 rings (SSSR count). The van der Waals surface area contributed by atoms with Gasteiger partial charge >= 0.3 is 12.0 Å². The van der Waals surface area contributed by atoms with Crippen molar-refractivity contribution in [2.45, 2.75) is 25.9 Å². The average molecular weight is 441 g/mol. The topological polar surface area (TPSA) is 96.7 Å². The molecule has 3 aromatic rings. The van der Waals surface area contributed by atoms with Crippen molar-refractivity contribution in [2.75, 3.05) is 20.2 Å². The number of hydrogen-bond donors (Lipinski definition) is 2. The van der Waals surface area contributed by atoms with Crippen LogP contribution in [0.25, 0.3) is 10.2 Å². The Morgan fingerprint density at radius 3 is 2.84 bits per heavy atom. The minimum atomic E-state index is -0.719. The molecule has 1 aliphatic rings. The number of rotatable bonds is 7. The van der Waals surface area contributed by atoms with Gasteiger partial charge in [-0.15, -0.1) is 11.3 Å². The first-order chi connectivity index (χ1) is 15.0. The lowest BCUT2D eigenvalue weighted by Crippen LogP contribution is -2.48. The molecule has 162 valence electrons. The van der Waals surface area contributed by atoms with E-state index in [-0.39, 0.29) is 12.6 Å². The van der Waals surface area contributed by atoms with Crippen molar-refractivity contribution in [1.82, 2.24) is 20.5 Å². The Bertz CT molecular complexity index is 1090. The van der Waals surface area contributed by atoms with Crippen LogP contribution in [0.4, 0.5) is 4.79 Å². The normalized spacial score (nSPS) is 17.5. The third kappa shape index (κ3) is 4.33. The Kier molecular flexibility index (Phi) is 6.06. The van der Waals surface area contributed by atoms with Gasteiger partial charge in [-0.05, 0) is 45.2 Å². The highest BCUT2D eigenvalue weighted by Gasteiger charge is 2.36. The summed E-state index contributed by atoms with van der Waals surface area (Å²) in [5.74, 6) is -0.0234. The zero-order valence-electron chi connectivity index (χ0n) is 17.5. The molecule has 0 spiro atoms. The lowest BCUT2D eigenvalue weighted by atomic mass is 9.99. The number of hydrogen-bond acceptors (Lipinski definition) is 7. The predicted molar refractivity (Wildman–Crippen MR) is 117 cm³/mol. The third-order valence-corrected chi connectivity index (χ3v) is 6.42. The van der Waals surface area contributed by atoms with Gasteiger partial charge in [0.1, 0.15) is 16.8 Å². The zero-order chi connectivity index (χ0) is 22.0. The molecule has 2 amide bonds. The van der Waals surface area contributed by atoms with Crippen LogP contribution in [0.5, 0.6) is 0 Å². The van der Waals surface area contributed by atoms with E-state index in [9.17, 15) is 9.59 Å². The number of nitrogens with one attached hydrogen (secondary N) is 2. The molecule has 0 aliphatic carbocycles. The molecule has 2 N–H and O–H groups in total. The van der Waals surface area contributed by atoms with Crippen LogP contribution in [-0.4, -0.2) is 42.1 Å². The van der Waals surface area contributed by atoms with Gasteiger partial charge in [0.25, 0.3) is 0 Å². The average Bonchev–Trinajstić information content (AvgIpc) is 3.42. The molecule has 0 fully saturated rings. The van der Waals surface area contributed by atoms with E-state index in [2.05, 4.69) is 17.6 Å². The summed E-state index contributed by atoms with van der Waals surface area (Å²) < 4.78 is 11.9. The van der Waals surface area contributed by atoms with Crippen LogP contribution in [0.1, 0.15) is 36.7 Å². The minimum absolute atomic E-state index is 0.0257. The highest BCUT2D eigenvalue weighted by atomic mass is 32.1. The first kappa shape index (κ1) is 21.1. The quantitative estimate of drug-likeness (QED) is 0.543. The summed E-state index contributed by atoms with van der Waals surface area (Å²) in [6, 6.07) is 10.3. The van der Waals surface area contributed by atoms with Gasteiger partial charge in [-0.25, -0.2) is 14.6 Å². The molecular formula is C22H24N4O4S. The third-order valence-electron chi connectivity index (χ3n) is 5.21. The molecule has 1 aliphatic heterocycles. The van der Waals surface area contributed by atoms with Gasteiger partial charge < -0.3 is 19.8 Å². The predicted octanol–water partition coefficient (Wildman–Crippen LogP) is 3.75. The second kappa shape index (κ2) is 8.91. The van der Waals surface area contributed by atoms with Crippen LogP contribution in [0.15, 0.2) is 58.3 Å². The second-order valence-electron chi connectivity index (χ2n) is 7.27. The monoisotopic (exact) mass is 440 g/mol. The van der Waals surface area contributed by atoms with E-state index in [1.165, 1.54) is 6.26 Å². The van der Waals surface area contributed by atoms with Gasteiger partial charge in [-0.2, -0.15) is 0 Å². The van der Waals surface area contributed by atoms with Crippen molar-refractivity contribution in [2.24, 2.45) is 0 Å². The molecular weight excluding hydrogens is 416 g/mol. The zero-order valence-corrected chi connectivity index (χ0v) is 18.4. The fourth-order valence-corrected chi connectivity index (χ4v) is 4.59. The number of carbonyl (C=O) groups is 2. The van der Waals surface area contributed by atoms with E-state index in [4.69, 9.17) is 14.1 Å². The number of likely N-dealkylation sites (N-methyl/N-ethyl adjacent to an activating group) is 1. The van der Waals surface area contributed by atoms with Gasteiger partial charge in [0.15, 0.2) is 0 Å². The second-order valence-corrected chi connectivity index (χ2v) is 8.33. The van der Waals surface area contributed by atoms with E-state index in [1.807, 2.05) is 36.2 Å². The maximum Gasteiger partial charge on any atom is 0.338 e. The standard InChI is InChI=1S/C22H24N4O4S/c1-4-29-21(27)18-15(24-22(28)25-19(18)16-9-7-11-30-16)12-26(3)13(2)20-23-14-8-5-6-10-17(14)31-20/h5-11,13,19H,4,12H2,1-3H3,(H2,24,25,28). The molecule has 9 heteroatoms. The number of carbonyl (C=O) groups excluding carboxylic acids is 2. The fraction of sp³-hybridized carbons (Fsp3) is 0.318. The van der Waals surface area contributed by atoms with Gasteiger partial charge in [-0.1, -0.05) is 12.1 Å². The molecule has 31 heavy (non-hydrogen) atoms. The first-order valence-corrected chi connectivity index (χ1v) is 10.9. The Balaban J connectivity index is 1.65. The molecule has 0 bridgehead atoms. The highest BCUT2D eigenvalue weighted by molar-refractivity contribution is 7.18. The van der Waals surface area contributed by atoms with Crippen LogP contribution in [0, 0.1) is 0 Å². The van der Waals surface area contributed by atoms with Crippen molar-refractivity contribution >= 4 is 33.6 Å². The Labute approximate surface area is 183 Å². The molecule has 8 nitrogen and oxygen atoms in total. The van der Waals surface area contributed by atoms with Crippen LogP contribution in [0.2, 0.25) is 0 Å². The van der Waals surface area contributed by atoms with Crippen molar-refractivity contribution < 1.29 is 18.7 Å². The molecule has 1 aromatic carbocycles. The lowest BCUT2D eigenvalue weighted by Gasteiger charge is -2.31. The van der Waals surface area contributed by atoms with Crippen LogP contribution < -0.4 is 10.6 Å². The number of amides is 2. The van der Waals surface area contributed by atoms with Gasteiger partial charge in [0.05, 0.1) is 34.7 Å². The fourth-order valence-electron chi connectivity index (χ4n) is 3.51. The van der Waals surface area contributed by atoms with Crippen LogP contribution in [0.3, 0.4) is 0 Å². The molecule has 0 radical (unpaired) electrons. The van der Waals surface area contributed by atoms with Gasteiger partial charge in [-0.3, -0.25) is 4.90 Å². The number of fused-ring (bicyclic) bond motifs is 1. The summed E-state index contributed by atoms with van der Waals surface area (Å²) in [6.45, 7) is 4.35. The summed E-state index contributed by atoms with van der Waals surface area (Å²) >= 11 is 1.63. The molecule has 2 atom stereocenters. The maximum absolute atomic E-state index is 12.8. The van der Waals surface area contributed by atoms with E-state index in [0.717, 1.165) is 15.2 Å². The molecule has 2 aromatic heterocycles. The van der Waals surface area contributed by atoms with E-state index < -0.39 is 18.0 Å². The largest absolute Gasteiger partial charge is 0.467 e. The summed E-state index contributed by atoms with van der Waals surface area (Å²) in [5.41, 5.74) is 1.78. The minimum Gasteiger partial charge on any atom is -0.467 e. The number of aromatic nitrogens is 1.